The van der Waals surface area contributed by atoms with Crippen LogP contribution in [0.1, 0.15) is 0 Å². The van der Waals surface area contributed by atoms with Gasteiger partial charge in [0.25, 0.3) is 0 Å². The van der Waals surface area contributed by atoms with Crippen LogP contribution in [0, 0.1) is 83.5 Å². The van der Waals surface area contributed by atoms with Crippen molar-refractivity contribution in [3.8, 4) is 51.7 Å². The molecule has 0 unspecified atom stereocenters. The van der Waals surface area contributed by atoms with E-state index in [0.29, 0.717) is 0 Å². The summed E-state index contributed by atoms with van der Waals surface area (Å²) in [5, 5.41) is 117. The second-order valence-electron chi connectivity index (χ2n) is 29.0. The molecule has 0 atom stereocenters. The number of hydrogen-bond acceptors (Lipinski definition) is 9. The number of nitrogens with two attached hydrogens (primary N) is 3. The number of nitrogens with zero attached hydrogens (tertiary/aromatic N) is 6. The van der Waals surface area contributed by atoms with Crippen molar-refractivity contribution in [1.82, 2.24) is 14.7 Å². The van der Waals surface area contributed by atoms with Crippen molar-refractivity contribution < 1.29 is 143 Å². The first-order valence-corrected chi connectivity index (χ1v) is 39.2. The summed E-state index contributed by atoms with van der Waals surface area (Å²) in [6, 6.07) is 116. The van der Waals surface area contributed by atoms with Crippen LogP contribution in [-0.4, -0.2) is 131 Å². The average molecular weight is 1920 g/mol. The molecule has 18 aromatic rings. The molecule has 6 N–H and O–H groups in total. The molecule has 20 heteroatoms. The van der Waals surface area contributed by atoms with Crippen molar-refractivity contribution >= 4 is 115 Å². The molecular formula is C105H105Ce2N9O9. The topological polar surface area (TPSA) is 304 Å². The SMILES string of the molecule is CN(C)C(N)=[N+](C)C.CN(C)C(N)=[N+](C)C.CN(C)C(N)=[N+](C)C.[Ce+3].[Ce+3].[O-]c1ccc2ccccc2c1.[O-]c1ccc2ccccc2c1.[O-]c1ccc2ccccc2c1.[O-]c1ccc2ccccc2c1.[O-]c1ccc2ccccc2c1.[O-]c1ccc2ccccc2c1.[O-]c1ccc2ccccc2c1.[O-]c1ccc2ccccc2c1.[O-]c1ccc2ccccc2c1. The summed E-state index contributed by atoms with van der Waals surface area (Å²) in [5.41, 5.74) is 16.6. The molecule has 0 aliphatic heterocycles. The zero-order valence-corrected chi connectivity index (χ0v) is 78.7. The van der Waals surface area contributed by atoms with Crippen LogP contribution in [0.15, 0.2) is 382 Å². The Balaban J connectivity index is 0.000000242. The summed E-state index contributed by atoms with van der Waals surface area (Å²) in [7, 11) is 22.9. The first-order valence-electron chi connectivity index (χ1n) is 39.2. The molecule has 0 aliphatic carbocycles. The van der Waals surface area contributed by atoms with Crippen LogP contribution in [0.3, 0.4) is 0 Å². The number of guanidine groups is 3. The Kier molecular flexibility index (Phi) is 44.2. The second-order valence-corrected chi connectivity index (χ2v) is 29.0. The predicted molar refractivity (Wildman–Crippen MR) is 496 cm³/mol. The molecule has 18 nitrogen and oxygen atoms in total. The molecule has 0 fully saturated rings. The Morgan fingerprint density at radius 3 is 0.328 bits per heavy atom. The van der Waals surface area contributed by atoms with Gasteiger partial charge in [0.1, 0.15) is 0 Å². The van der Waals surface area contributed by atoms with E-state index < -0.39 is 0 Å². The maximum Gasteiger partial charge on any atom is 3.00 e. The Labute approximate surface area is 800 Å². The van der Waals surface area contributed by atoms with Gasteiger partial charge in [-0.25, -0.2) is 0 Å². The molecule has 125 heavy (non-hydrogen) atoms. The molecule has 0 bridgehead atoms. The summed E-state index contributed by atoms with van der Waals surface area (Å²) in [6.07, 6.45) is 0. The third-order valence-corrected chi connectivity index (χ3v) is 18.2. The molecule has 18 aromatic carbocycles. The van der Waals surface area contributed by atoms with Gasteiger partial charge in [0.2, 0.25) is 0 Å². The van der Waals surface area contributed by atoms with Crippen LogP contribution in [0.2, 0.25) is 0 Å². The molecular weight excluding hydrogens is 1810 g/mol. The Bertz CT molecular complexity index is 5310. The van der Waals surface area contributed by atoms with E-state index in [2.05, 4.69) is 0 Å². The maximum absolute atomic E-state index is 10.9. The van der Waals surface area contributed by atoms with Gasteiger partial charge in [0.15, 0.2) is 0 Å². The van der Waals surface area contributed by atoms with Gasteiger partial charge in [0.05, 0.1) is 84.6 Å². The number of hydrogen-bond donors (Lipinski definition) is 3. The number of rotatable bonds is 0. The van der Waals surface area contributed by atoms with Crippen molar-refractivity contribution in [2.24, 2.45) is 17.2 Å². The van der Waals surface area contributed by atoms with E-state index in [-0.39, 0.29) is 135 Å². The van der Waals surface area contributed by atoms with E-state index in [0.717, 1.165) is 115 Å². The minimum absolute atomic E-state index is 0. The summed E-state index contributed by atoms with van der Waals surface area (Å²) < 4.78 is 5.58. The zero-order chi connectivity index (χ0) is 89.3. The van der Waals surface area contributed by atoms with Crippen molar-refractivity contribution in [1.29, 1.82) is 0 Å². The second kappa shape index (κ2) is 53.9. The molecule has 0 spiro atoms. The van der Waals surface area contributed by atoms with Crippen molar-refractivity contribution in [3.63, 3.8) is 0 Å². The van der Waals surface area contributed by atoms with Crippen LogP contribution >= 0.6 is 0 Å². The van der Waals surface area contributed by atoms with E-state index in [1.54, 1.807) is 109 Å². The molecule has 0 aromatic heterocycles. The van der Waals surface area contributed by atoms with Crippen LogP contribution in [0.25, 0.3) is 97.0 Å². The van der Waals surface area contributed by atoms with E-state index >= 15 is 0 Å². The average Bonchev–Trinajstić information content (AvgIpc) is 0.902. The minimum Gasteiger partial charge on any atom is -0.872 e. The van der Waals surface area contributed by atoms with Crippen molar-refractivity contribution in [3.05, 3.63) is 382 Å². The summed E-state index contributed by atoms with van der Waals surface area (Å²) in [5.74, 6) is 2.96. The molecule has 18 rings (SSSR count). The zero-order valence-electron chi connectivity index (χ0n) is 72.5. The Morgan fingerprint density at radius 2 is 0.256 bits per heavy atom. The van der Waals surface area contributed by atoms with Gasteiger partial charge in [-0.15, -0.1) is 51.7 Å². The van der Waals surface area contributed by atoms with Crippen LogP contribution in [0.5, 0.6) is 51.7 Å². The van der Waals surface area contributed by atoms with Crippen LogP contribution in [0.4, 0.5) is 0 Å². The normalized spacial score (nSPS) is 9.70. The third kappa shape index (κ3) is 36.2. The van der Waals surface area contributed by atoms with E-state index in [1.807, 2.05) is 386 Å². The number of fused-ring (bicyclic) bond motifs is 9. The van der Waals surface area contributed by atoms with Gasteiger partial charge in [-0.2, -0.15) is 0 Å². The monoisotopic (exact) mass is 1920 g/mol. The summed E-state index contributed by atoms with van der Waals surface area (Å²) >= 11 is 0. The van der Waals surface area contributed by atoms with Gasteiger partial charge in [-0.3, -0.25) is 45.6 Å². The molecule has 0 aliphatic rings. The molecule has 632 valence electrons. The fourth-order valence-corrected chi connectivity index (χ4v) is 11.7. The van der Waals surface area contributed by atoms with Crippen molar-refractivity contribution in [2.75, 3.05) is 84.6 Å². The molecule has 0 saturated carbocycles. The Hall–Kier alpha value is -12.9. The maximum atomic E-state index is 10.9. The van der Waals surface area contributed by atoms with E-state index in [9.17, 15) is 46.0 Å². The van der Waals surface area contributed by atoms with Crippen LogP contribution in [-0.2, 0) is 0 Å². The standard InChI is InChI=1S/9C10H8O.3C5H13N3.2Ce/c9*11-10-6-5-8-3-1-2-4-9(8)7-10;3*1-7(2)5(6)8(3)4;;/h9*1-7,11H;3*6H,1-4H3;;/q;;;;;;;;;;;;2*+3/p-6. The van der Waals surface area contributed by atoms with E-state index in [4.69, 9.17) is 17.2 Å². The summed E-state index contributed by atoms with van der Waals surface area (Å²) in [4.78, 5) is 5.58. The van der Waals surface area contributed by atoms with Crippen molar-refractivity contribution in [2.45, 2.75) is 0 Å². The minimum atomic E-state index is 0. The van der Waals surface area contributed by atoms with E-state index in [1.165, 1.54) is 0 Å². The molecule has 2 radical (unpaired) electrons. The largest absolute Gasteiger partial charge is 3.00 e. The fraction of sp³-hybridized carbons (Fsp3) is 0.114. The molecule has 0 heterocycles. The molecule has 0 amide bonds. The van der Waals surface area contributed by atoms with Gasteiger partial charge in [-0.1, -0.05) is 382 Å². The van der Waals surface area contributed by atoms with Crippen LogP contribution < -0.4 is 63.2 Å². The third-order valence-electron chi connectivity index (χ3n) is 18.2. The predicted octanol–water partition coefficient (Wildman–Crippen LogP) is 14.6. The van der Waals surface area contributed by atoms with Gasteiger partial charge in [-0.05, 0) is 97.0 Å². The molecule has 0 saturated heterocycles. The Morgan fingerprint density at radius 1 is 0.168 bits per heavy atom. The smallest absolute Gasteiger partial charge is 0.872 e. The number of benzene rings is 18. The van der Waals surface area contributed by atoms with Gasteiger partial charge >= 0.3 is 101 Å². The van der Waals surface area contributed by atoms with Gasteiger partial charge < -0.3 is 46.0 Å². The quantitative estimate of drug-likeness (QED) is 0.0722. The summed E-state index contributed by atoms with van der Waals surface area (Å²) in [6.45, 7) is 0. The first kappa shape index (κ1) is 103. The van der Waals surface area contributed by atoms with Gasteiger partial charge in [0, 0.05) is 0 Å². The fourth-order valence-electron chi connectivity index (χ4n) is 11.7. The first-order chi connectivity index (χ1) is 58.9.